The van der Waals surface area contributed by atoms with Gasteiger partial charge in [-0.25, -0.2) is 9.97 Å². The number of nitrogens with zero attached hydrogens (tertiary/aromatic N) is 4. The van der Waals surface area contributed by atoms with Crippen molar-refractivity contribution in [1.82, 2.24) is 25.2 Å². The summed E-state index contributed by atoms with van der Waals surface area (Å²) >= 11 is 0. The minimum Gasteiger partial charge on any atom is -0.492 e. The number of hydrogen-bond acceptors (Lipinski definition) is 6. The summed E-state index contributed by atoms with van der Waals surface area (Å²) in [5.74, 6) is 1.62. The summed E-state index contributed by atoms with van der Waals surface area (Å²) in [6, 6.07) is 13.7. The molecule has 1 fully saturated rings. The van der Waals surface area contributed by atoms with Crippen molar-refractivity contribution < 1.29 is 9.53 Å². The van der Waals surface area contributed by atoms with E-state index in [1.165, 1.54) is 5.56 Å². The van der Waals surface area contributed by atoms with E-state index in [9.17, 15) is 4.79 Å². The lowest BCUT2D eigenvalue weighted by Gasteiger charge is -2.32. The molecule has 172 valence electrons. The quantitative estimate of drug-likeness (QED) is 0.509. The molecule has 1 N–H and O–H groups in total. The predicted molar refractivity (Wildman–Crippen MR) is 127 cm³/mol. The number of piperidine rings is 1. The molecule has 7 heteroatoms. The summed E-state index contributed by atoms with van der Waals surface area (Å²) < 4.78 is 5.67. The molecule has 0 bridgehead atoms. The molecule has 0 radical (unpaired) electrons. The maximum Gasteiger partial charge on any atom is 0.254 e. The molecule has 1 amide bonds. The van der Waals surface area contributed by atoms with E-state index in [0.717, 1.165) is 50.3 Å². The molecule has 3 heterocycles. The molecule has 3 aromatic rings. The van der Waals surface area contributed by atoms with Crippen LogP contribution < -0.4 is 10.1 Å². The molecule has 2 aromatic heterocycles. The summed E-state index contributed by atoms with van der Waals surface area (Å²) in [5, 5.41) is 2.96. The molecular formula is C26H31N5O2. The van der Waals surface area contributed by atoms with Crippen molar-refractivity contribution in [3.8, 4) is 5.75 Å². The Balaban J connectivity index is 1.29. The second-order valence-electron chi connectivity index (χ2n) is 8.36. The standard InChI is InChI=1S/C26H31N5O2/c1-20-29-19-24(26(32)28-13-17-33-23-7-3-2-4-8-23)25(30-20)22-10-15-31(16-11-22)14-9-21-6-5-12-27-18-21/h2-8,12,18-19,22H,9-11,13-17H2,1H3,(H,28,32). The van der Waals surface area contributed by atoms with Crippen LogP contribution in [0.3, 0.4) is 0 Å². The van der Waals surface area contributed by atoms with Crippen molar-refractivity contribution in [1.29, 1.82) is 0 Å². The minimum absolute atomic E-state index is 0.138. The zero-order valence-corrected chi connectivity index (χ0v) is 19.1. The number of benzene rings is 1. The van der Waals surface area contributed by atoms with Gasteiger partial charge in [-0.15, -0.1) is 0 Å². The van der Waals surface area contributed by atoms with E-state index < -0.39 is 0 Å². The summed E-state index contributed by atoms with van der Waals surface area (Å²) in [6.45, 7) is 5.73. The number of ether oxygens (including phenoxy) is 1. The van der Waals surface area contributed by atoms with Gasteiger partial charge < -0.3 is 15.0 Å². The van der Waals surface area contributed by atoms with Crippen molar-refractivity contribution in [2.24, 2.45) is 0 Å². The number of nitrogens with one attached hydrogen (secondary N) is 1. The Hall–Kier alpha value is -3.32. The van der Waals surface area contributed by atoms with Crippen LogP contribution in [0, 0.1) is 6.92 Å². The fourth-order valence-electron chi connectivity index (χ4n) is 4.18. The predicted octanol–water partition coefficient (Wildman–Crippen LogP) is 3.41. The maximum absolute atomic E-state index is 12.9. The largest absolute Gasteiger partial charge is 0.492 e. The van der Waals surface area contributed by atoms with Gasteiger partial charge in [-0.3, -0.25) is 9.78 Å². The number of amides is 1. The van der Waals surface area contributed by atoms with Gasteiger partial charge in [0.25, 0.3) is 5.91 Å². The third-order valence-electron chi connectivity index (χ3n) is 6.00. The van der Waals surface area contributed by atoms with Gasteiger partial charge in [0, 0.05) is 31.1 Å². The molecule has 1 saturated heterocycles. The van der Waals surface area contributed by atoms with Crippen LogP contribution in [0.2, 0.25) is 0 Å². The molecule has 7 nitrogen and oxygen atoms in total. The van der Waals surface area contributed by atoms with E-state index >= 15 is 0 Å². The van der Waals surface area contributed by atoms with Gasteiger partial charge in [0.15, 0.2) is 0 Å². The summed E-state index contributed by atoms with van der Waals surface area (Å²) in [5.41, 5.74) is 2.71. The van der Waals surface area contributed by atoms with E-state index in [2.05, 4.69) is 31.2 Å². The first-order chi connectivity index (χ1) is 16.2. The molecule has 0 saturated carbocycles. The van der Waals surface area contributed by atoms with Gasteiger partial charge in [0.1, 0.15) is 18.2 Å². The van der Waals surface area contributed by atoms with Crippen molar-refractivity contribution >= 4 is 5.91 Å². The minimum atomic E-state index is -0.138. The highest BCUT2D eigenvalue weighted by Crippen LogP contribution is 2.29. The van der Waals surface area contributed by atoms with E-state index in [0.29, 0.717) is 24.5 Å². The number of carbonyl (C=O) groups excluding carboxylic acids is 1. The highest BCUT2D eigenvalue weighted by atomic mass is 16.5. The number of aromatic nitrogens is 3. The van der Waals surface area contributed by atoms with Crippen LogP contribution in [0.15, 0.2) is 61.1 Å². The second-order valence-corrected chi connectivity index (χ2v) is 8.36. The Morgan fingerprint density at radius 1 is 1.12 bits per heavy atom. The van der Waals surface area contributed by atoms with Crippen LogP contribution in [-0.2, 0) is 6.42 Å². The van der Waals surface area contributed by atoms with Crippen LogP contribution in [0.5, 0.6) is 5.75 Å². The number of carbonyl (C=O) groups is 1. The van der Waals surface area contributed by atoms with Crippen molar-refractivity contribution in [3.63, 3.8) is 0 Å². The van der Waals surface area contributed by atoms with E-state index in [1.807, 2.05) is 55.7 Å². The lowest BCUT2D eigenvalue weighted by atomic mass is 9.90. The number of rotatable bonds is 9. The number of likely N-dealkylation sites (tertiary alicyclic amines) is 1. The fraction of sp³-hybridized carbons (Fsp3) is 0.385. The molecule has 0 atom stereocenters. The monoisotopic (exact) mass is 445 g/mol. The molecule has 1 aromatic carbocycles. The molecular weight excluding hydrogens is 414 g/mol. The first-order valence-electron chi connectivity index (χ1n) is 11.6. The third-order valence-corrected chi connectivity index (χ3v) is 6.00. The highest BCUT2D eigenvalue weighted by Gasteiger charge is 2.26. The topological polar surface area (TPSA) is 80.2 Å². The third kappa shape index (κ3) is 6.58. The maximum atomic E-state index is 12.9. The van der Waals surface area contributed by atoms with E-state index in [1.54, 1.807) is 6.20 Å². The Labute approximate surface area is 195 Å². The summed E-state index contributed by atoms with van der Waals surface area (Å²) in [6.07, 6.45) is 8.39. The Morgan fingerprint density at radius 3 is 2.70 bits per heavy atom. The first kappa shape index (κ1) is 22.9. The van der Waals surface area contributed by atoms with E-state index in [-0.39, 0.29) is 11.8 Å². The van der Waals surface area contributed by atoms with Crippen LogP contribution in [-0.4, -0.2) is 58.5 Å². The Bertz CT molecular complexity index is 1020. The molecule has 1 aliphatic rings. The van der Waals surface area contributed by atoms with Crippen molar-refractivity contribution in [3.05, 3.63) is 83.7 Å². The average molecular weight is 446 g/mol. The smallest absolute Gasteiger partial charge is 0.254 e. The number of pyridine rings is 1. The van der Waals surface area contributed by atoms with Gasteiger partial charge in [0.05, 0.1) is 17.8 Å². The van der Waals surface area contributed by atoms with Crippen molar-refractivity contribution in [2.45, 2.75) is 32.1 Å². The molecule has 0 aliphatic carbocycles. The zero-order valence-electron chi connectivity index (χ0n) is 19.1. The molecule has 4 rings (SSSR count). The summed E-state index contributed by atoms with van der Waals surface area (Å²) in [7, 11) is 0. The Morgan fingerprint density at radius 2 is 1.94 bits per heavy atom. The second kappa shape index (κ2) is 11.5. The molecule has 33 heavy (non-hydrogen) atoms. The number of aryl methyl sites for hydroxylation is 1. The van der Waals surface area contributed by atoms with E-state index in [4.69, 9.17) is 4.74 Å². The fourth-order valence-corrected chi connectivity index (χ4v) is 4.18. The van der Waals surface area contributed by atoms with Crippen LogP contribution in [0.1, 0.15) is 46.2 Å². The number of hydrogen-bond donors (Lipinski definition) is 1. The Kier molecular flexibility index (Phi) is 7.98. The van der Waals surface area contributed by atoms with Crippen molar-refractivity contribution in [2.75, 3.05) is 32.8 Å². The molecule has 0 spiro atoms. The first-order valence-corrected chi connectivity index (χ1v) is 11.6. The van der Waals surface area contributed by atoms with Gasteiger partial charge in [-0.05, 0) is 63.0 Å². The van der Waals surface area contributed by atoms with Gasteiger partial charge >= 0.3 is 0 Å². The zero-order chi connectivity index (χ0) is 22.9. The normalized spacial score (nSPS) is 14.7. The lowest BCUT2D eigenvalue weighted by Crippen LogP contribution is -2.36. The van der Waals surface area contributed by atoms with Crippen LogP contribution in [0.25, 0.3) is 0 Å². The van der Waals surface area contributed by atoms with Crippen LogP contribution in [0.4, 0.5) is 0 Å². The average Bonchev–Trinajstić information content (AvgIpc) is 2.87. The highest BCUT2D eigenvalue weighted by molar-refractivity contribution is 5.95. The lowest BCUT2D eigenvalue weighted by molar-refractivity contribution is 0.0943. The SMILES string of the molecule is Cc1ncc(C(=O)NCCOc2ccccc2)c(C2CCN(CCc3cccnc3)CC2)n1. The number of para-hydroxylation sites is 1. The summed E-state index contributed by atoms with van der Waals surface area (Å²) in [4.78, 5) is 28.5. The van der Waals surface area contributed by atoms with Gasteiger partial charge in [-0.1, -0.05) is 24.3 Å². The van der Waals surface area contributed by atoms with Gasteiger partial charge in [-0.2, -0.15) is 0 Å². The molecule has 0 unspecified atom stereocenters. The van der Waals surface area contributed by atoms with Crippen LogP contribution >= 0.6 is 0 Å². The molecule has 1 aliphatic heterocycles. The van der Waals surface area contributed by atoms with Gasteiger partial charge in [0.2, 0.25) is 0 Å².